The number of ether oxygens (including phenoxy) is 1. The van der Waals surface area contributed by atoms with Crippen LogP contribution in [0.4, 0.5) is 0 Å². The molecule has 0 aromatic carbocycles. The Bertz CT molecular complexity index is 64.3. The van der Waals surface area contributed by atoms with Crippen LogP contribution in [0, 0.1) is 5.92 Å². The number of rotatable bonds is 6. The monoisotopic (exact) mass is 162 g/mol. The molecule has 0 bridgehead atoms. The van der Waals surface area contributed by atoms with Crippen molar-refractivity contribution in [2.75, 3.05) is 25.2 Å². The number of hydrogen-bond acceptors (Lipinski definition) is 2. The molecule has 0 atom stereocenters. The van der Waals surface area contributed by atoms with Crippen molar-refractivity contribution < 1.29 is 4.74 Å². The average molecular weight is 162 g/mol. The zero-order valence-electron chi connectivity index (χ0n) is 7.22. The zero-order chi connectivity index (χ0) is 7.82. The summed E-state index contributed by atoms with van der Waals surface area (Å²) in [4.78, 5) is 0. The van der Waals surface area contributed by atoms with Crippen LogP contribution in [0.3, 0.4) is 0 Å². The molecule has 0 aromatic rings. The first-order chi connectivity index (χ1) is 4.77. The lowest BCUT2D eigenvalue weighted by atomic mass is 10.3. The third-order valence-corrected chi connectivity index (χ3v) is 2.57. The quantitative estimate of drug-likeness (QED) is 0.555. The summed E-state index contributed by atoms with van der Waals surface area (Å²) in [5, 5.41) is 0. The predicted octanol–water partition coefficient (Wildman–Crippen LogP) is 2.41. The first-order valence-electron chi connectivity index (χ1n) is 3.84. The molecule has 0 heterocycles. The first-order valence-corrected chi connectivity index (χ1v) is 4.99. The van der Waals surface area contributed by atoms with E-state index in [1.54, 1.807) is 7.11 Å². The fourth-order valence-electron chi connectivity index (χ4n) is 0.624. The molecule has 0 saturated heterocycles. The van der Waals surface area contributed by atoms with Crippen LogP contribution in [0.25, 0.3) is 0 Å². The minimum atomic E-state index is 0.826. The number of thioether (sulfide) groups is 1. The molecule has 0 saturated carbocycles. The van der Waals surface area contributed by atoms with Crippen molar-refractivity contribution in [1.82, 2.24) is 0 Å². The molecule has 0 unspecified atom stereocenters. The van der Waals surface area contributed by atoms with Crippen molar-refractivity contribution in [1.29, 1.82) is 0 Å². The van der Waals surface area contributed by atoms with Gasteiger partial charge in [-0.25, -0.2) is 0 Å². The van der Waals surface area contributed by atoms with Crippen LogP contribution in [0.5, 0.6) is 0 Å². The van der Waals surface area contributed by atoms with Gasteiger partial charge in [0.2, 0.25) is 0 Å². The predicted molar refractivity (Wildman–Crippen MR) is 48.7 cm³/mol. The summed E-state index contributed by atoms with van der Waals surface area (Å²) in [6, 6.07) is 0. The third kappa shape index (κ3) is 8.31. The lowest BCUT2D eigenvalue weighted by Crippen LogP contribution is -1.95. The molecule has 0 aliphatic rings. The molecule has 10 heavy (non-hydrogen) atoms. The van der Waals surface area contributed by atoms with Gasteiger partial charge in [-0.2, -0.15) is 11.8 Å². The molecule has 0 fully saturated rings. The molecule has 1 nitrogen and oxygen atoms in total. The molecule has 0 aromatic heterocycles. The molecule has 0 aliphatic carbocycles. The maximum atomic E-state index is 4.94. The standard InChI is InChI=1S/C8H18OS/c1-8(2)7-10-6-4-5-9-3/h8H,4-7H2,1-3H3. The Hall–Kier alpha value is 0.310. The van der Waals surface area contributed by atoms with Crippen molar-refractivity contribution in [3.8, 4) is 0 Å². The van der Waals surface area contributed by atoms with Crippen LogP contribution in [0.15, 0.2) is 0 Å². The van der Waals surface area contributed by atoms with Gasteiger partial charge in [0, 0.05) is 13.7 Å². The molecule has 2 heteroatoms. The topological polar surface area (TPSA) is 9.23 Å². The van der Waals surface area contributed by atoms with E-state index in [0.29, 0.717) is 0 Å². The van der Waals surface area contributed by atoms with E-state index in [1.807, 2.05) is 11.8 Å². The van der Waals surface area contributed by atoms with E-state index in [-0.39, 0.29) is 0 Å². The van der Waals surface area contributed by atoms with Crippen LogP contribution in [0.2, 0.25) is 0 Å². The second-order valence-electron chi connectivity index (χ2n) is 2.82. The normalized spacial score (nSPS) is 10.8. The number of hydrogen-bond donors (Lipinski definition) is 0. The Labute approximate surface area is 68.5 Å². The Balaban J connectivity index is 2.77. The maximum absolute atomic E-state index is 4.94. The smallest absolute Gasteiger partial charge is 0.0470 e. The van der Waals surface area contributed by atoms with E-state index >= 15 is 0 Å². The Morgan fingerprint density at radius 2 is 2.10 bits per heavy atom. The minimum Gasteiger partial charge on any atom is -0.385 e. The summed E-state index contributed by atoms with van der Waals surface area (Å²) in [6.45, 7) is 5.41. The van der Waals surface area contributed by atoms with Gasteiger partial charge in [0.1, 0.15) is 0 Å². The van der Waals surface area contributed by atoms with E-state index in [4.69, 9.17) is 4.74 Å². The highest BCUT2D eigenvalue weighted by atomic mass is 32.2. The van der Waals surface area contributed by atoms with E-state index < -0.39 is 0 Å². The summed E-state index contributed by atoms with van der Waals surface area (Å²) in [5.41, 5.74) is 0. The van der Waals surface area contributed by atoms with Crippen molar-refractivity contribution in [3.63, 3.8) is 0 Å². The zero-order valence-corrected chi connectivity index (χ0v) is 8.04. The van der Waals surface area contributed by atoms with Crippen LogP contribution in [0.1, 0.15) is 20.3 Å². The lowest BCUT2D eigenvalue weighted by Gasteiger charge is -2.02. The largest absolute Gasteiger partial charge is 0.385 e. The molecule has 62 valence electrons. The molecule has 0 aliphatic heterocycles. The summed E-state index contributed by atoms with van der Waals surface area (Å²) >= 11 is 2.02. The molecular weight excluding hydrogens is 144 g/mol. The van der Waals surface area contributed by atoms with Crippen molar-refractivity contribution in [2.45, 2.75) is 20.3 Å². The molecule has 0 amide bonds. The van der Waals surface area contributed by atoms with Gasteiger partial charge in [-0.15, -0.1) is 0 Å². The van der Waals surface area contributed by atoms with Crippen LogP contribution >= 0.6 is 11.8 Å². The second kappa shape index (κ2) is 7.42. The highest BCUT2D eigenvalue weighted by molar-refractivity contribution is 7.99. The van der Waals surface area contributed by atoms with Crippen molar-refractivity contribution >= 4 is 11.8 Å². The maximum Gasteiger partial charge on any atom is 0.0470 e. The third-order valence-electron chi connectivity index (χ3n) is 1.09. The van der Waals surface area contributed by atoms with Gasteiger partial charge in [0.15, 0.2) is 0 Å². The molecule has 0 radical (unpaired) electrons. The SMILES string of the molecule is COCCCSCC(C)C. The Morgan fingerprint density at radius 3 is 2.60 bits per heavy atom. The van der Waals surface area contributed by atoms with Gasteiger partial charge in [-0.1, -0.05) is 13.8 Å². The van der Waals surface area contributed by atoms with E-state index in [0.717, 1.165) is 12.5 Å². The average Bonchev–Trinajstić information content (AvgIpc) is 1.87. The lowest BCUT2D eigenvalue weighted by molar-refractivity contribution is 0.200. The van der Waals surface area contributed by atoms with E-state index in [1.165, 1.54) is 17.9 Å². The van der Waals surface area contributed by atoms with Gasteiger partial charge in [0.05, 0.1) is 0 Å². The summed E-state index contributed by atoms with van der Waals surface area (Å²) in [5.74, 6) is 3.35. The summed E-state index contributed by atoms with van der Waals surface area (Å²) < 4.78 is 4.94. The Kier molecular flexibility index (Phi) is 7.65. The van der Waals surface area contributed by atoms with Gasteiger partial charge in [-0.05, 0) is 23.8 Å². The molecule has 0 N–H and O–H groups in total. The van der Waals surface area contributed by atoms with E-state index in [2.05, 4.69) is 13.8 Å². The second-order valence-corrected chi connectivity index (χ2v) is 3.96. The summed E-state index contributed by atoms with van der Waals surface area (Å²) in [7, 11) is 1.76. The van der Waals surface area contributed by atoms with Gasteiger partial charge >= 0.3 is 0 Å². The fraction of sp³-hybridized carbons (Fsp3) is 1.00. The highest BCUT2D eigenvalue weighted by Gasteiger charge is 1.93. The highest BCUT2D eigenvalue weighted by Crippen LogP contribution is 2.08. The molecule has 0 spiro atoms. The van der Waals surface area contributed by atoms with Gasteiger partial charge in [-0.3, -0.25) is 0 Å². The van der Waals surface area contributed by atoms with Crippen molar-refractivity contribution in [3.05, 3.63) is 0 Å². The summed E-state index contributed by atoms with van der Waals surface area (Å²) in [6.07, 6.45) is 1.19. The van der Waals surface area contributed by atoms with Crippen molar-refractivity contribution in [2.24, 2.45) is 5.92 Å². The van der Waals surface area contributed by atoms with Crippen LogP contribution in [-0.2, 0) is 4.74 Å². The van der Waals surface area contributed by atoms with E-state index in [9.17, 15) is 0 Å². The molecule has 0 rings (SSSR count). The fourth-order valence-corrected chi connectivity index (χ4v) is 1.58. The van der Waals surface area contributed by atoms with Crippen LogP contribution in [-0.4, -0.2) is 25.2 Å². The van der Waals surface area contributed by atoms with Gasteiger partial charge < -0.3 is 4.74 Å². The van der Waals surface area contributed by atoms with Crippen LogP contribution < -0.4 is 0 Å². The van der Waals surface area contributed by atoms with Gasteiger partial charge in [0.25, 0.3) is 0 Å². The number of methoxy groups -OCH3 is 1. The minimum absolute atomic E-state index is 0.826. The molecular formula is C8H18OS. The Morgan fingerprint density at radius 1 is 1.40 bits per heavy atom. The first kappa shape index (κ1) is 10.3.